The molecule has 0 spiro atoms. The number of anilines is 1. The molecule has 1 unspecified atom stereocenters. The van der Waals surface area contributed by atoms with Gasteiger partial charge in [-0.1, -0.05) is 12.1 Å². The van der Waals surface area contributed by atoms with E-state index in [1.165, 1.54) is 0 Å². The number of hydrogen-bond acceptors (Lipinski definition) is 4. The number of carbonyl (C=O) groups excluding carboxylic acids is 1. The predicted octanol–water partition coefficient (Wildman–Crippen LogP) is 3.46. The van der Waals surface area contributed by atoms with Crippen molar-refractivity contribution in [1.29, 1.82) is 0 Å². The molecule has 9 heteroatoms. The Kier molecular flexibility index (Phi) is 5.77. The van der Waals surface area contributed by atoms with Gasteiger partial charge in [0.15, 0.2) is 11.6 Å². The van der Waals surface area contributed by atoms with Crippen LogP contribution in [0, 0.1) is 18.6 Å². The molecule has 0 aliphatic carbocycles. The van der Waals surface area contributed by atoms with Crippen LogP contribution in [0.25, 0.3) is 0 Å². The zero-order chi connectivity index (χ0) is 22.3. The lowest BCUT2D eigenvalue weighted by atomic mass is 9.89. The highest BCUT2D eigenvalue weighted by atomic mass is 32.2. The fourth-order valence-corrected chi connectivity index (χ4v) is 4.35. The van der Waals surface area contributed by atoms with Crippen LogP contribution in [0.5, 0.6) is 5.75 Å². The minimum atomic E-state index is -3.91. The van der Waals surface area contributed by atoms with Gasteiger partial charge in [0.2, 0.25) is 15.9 Å². The molecule has 1 aliphatic heterocycles. The molecular formula is C21H24F2N2O4S. The van der Waals surface area contributed by atoms with Crippen molar-refractivity contribution in [2.24, 2.45) is 0 Å². The van der Waals surface area contributed by atoms with Gasteiger partial charge in [-0.15, -0.1) is 0 Å². The molecule has 0 aromatic heterocycles. The molecule has 0 bridgehead atoms. The molecule has 0 radical (unpaired) electrons. The fourth-order valence-electron chi connectivity index (χ4n) is 3.50. The molecule has 0 fully saturated rings. The Hall–Kier alpha value is -2.68. The molecule has 2 aromatic rings. The molecule has 0 saturated carbocycles. The Morgan fingerprint density at radius 2 is 1.90 bits per heavy atom. The number of fused-ring (bicyclic) bond motifs is 1. The minimum absolute atomic E-state index is 0.130. The van der Waals surface area contributed by atoms with Crippen molar-refractivity contribution < 1.29 is 26.7 Å². The van der Waals surface area contributed by atoms with E-state index in [0.29, 0.717) is 12.2 Å². The Bertz CT molecular complexity index is 1090. The van der Waals surface area contributed by atoms with Gasteiger partial charge in [-0.2, -0.15) is 0 Å². The number of sulfonamides is 1. The minimum Gasteiger partial charge on any atom is -0.487 e. The first-order valence-corrected chi connectivity index (χ1v) is 11.2. The number of nitrogens with zero attached hydrogens (tertiary/aromatic N) is 1. The number of carbonyl (C=O) groups is 1. The van der Waals surface area contributed by atoms with Crippen LogP contribution in [-0.4, -0.2) is 32.7 Å². The lowest BCUT2D eigenvalue weighted by Gasteiger charge is -2.38. The number of nitrogens with one attached hydrogen (secondary N) is 1. The molecule has 30 heavy (non-hydrogen) atoms. The smallest absolute Gasteiger partial charge is 0.241 e. The molecule has 0 saturated heterocycles. The summed E-state index contributed by atoms with van der Waals surface area (Å²) in [6.45, 7) is 5.18. The Morgan fingerprint density at radius 3 is 2.53 bits per heavy atom. The van der Waals surface area contributed by atoms with Gasteiger partial charge in [0.05, 0.1) is 18.0 Å². The maximum Gasteiger partial charge on any atom is 0.241 e. The van der Waals surface area contributed by atoms with Gasteiger partial charge in [-0.25, -0.2) is 17.2 Å². The maximum atomic E-state index is 13.6. The van der Waals surface area contributed by atoms with E-state index in [9.17, 15) is 22.0 Å². The molecule has 1 heterocycles. The van der Waals surface area contributed by atoms with Crippen LogP contribution in [0.1, 0.15) is 37.4 Å². The number of aryl methyl sites for hydroxylation is 1. The Morgan fingerprint density at radius 1 is 1.20 bits per heavy atom. The van der Waals surface area contributed by atoms with Crippen molar-refractivity contribution in [1.82, 2.24) is 5.32 Å². The summed E-state index contributed by atoms with van der Waals surface area (Å²) in [5.74, 6) is -2.21. The SMILES string of the molecule is Cc1ccc2c(c1)OC(C)(C)CC2NC(=O)CN(c1ccc(F)c(F)c1)S(C)(=O)=O. The summed E-state index contributed by atoms with van der Waals surface area (Å²) in [6, 6.07) is 7.96. The third kappa shape index (κ3) is 4.89. The monoisotopic (exact) mass is 438 g/mol. The van der Waals surface area contributed by atoms with Gasteiger partial charge >= 0.3 is 0 Å². The molecular weight excluding hydrogens is 414 g/mol. The van der Waals surface area contributed by atoms with Gasteiger partial charge in [-0.05, 0) is 44.5 Å². The topological polar surface area (TPSA) is 75.7 Å². The third-order valence-electron chi connectivity index (χ3n) is 4.84. The normalized spacial score (nSPS) is 17.6. The quantitative estimate of drug-likeness (QED) is 0.776. The van der Waals surface area contributed by atoms with E-state index in [1.54, 1.807) is 0 Å². The van der Waals surface area contributed by atoms with Crippen LogP contribution in [0.4, 0.5) is 14.5 Å². The second kappa shape index (κ2) is 7.86. The zero-order valence-electron chi connectivity index (χ0n) is 17.2. The van der Waals surface area contributed by atoms with Crippen molar-refractivity contribution in [3.63, 3.8) is 0 Å². The number of rotatable bonds is 5. The molecule has 1 atom stereocenters. The van der Waals surface area contributed by atoms with Crippen LogP contribution in [-0.2, 0) is 14.8 Å². The van der Waals surface area contributed by atoms with Gasteiger partial charge in [0.1, 0.15) is 17.9 Å². The van der Waals surface area contributed by atoms with Crippen LogP contribution < -0.4 is 14.4 Å². The van der Waals surface area contributed by atoms with Crippen molar-refractivity contribution in [2.75, 3.05) is 17.1 Å². The summed E-state index contributed by atoms with van der Waals surface area (Å²) in [5, 5.41) is 2.86. The first kappa shape index (κ1) is 22.0. The van der Waals surface area contributed by atoms with Crippen molar-refractivity contribution >= 4 is 21.6 Å². The van der Waals surface area contributed by atoms with Crippen LogP contribution in [0.3, 0.4) is 0 Å². The summed E-state index contributed by atoms with van der Waals surface area (Å²) < 4.78 is 58.0. The largest absolute Gasteiger partial charge is 0.487 e. The molecule has 6 nitrogen and oxygen atoms in total. The molecule has 1 N–H and O–H groups in total. The summed E-state index contributed by atoms with van der Waals surface area (Å²) in [4.78, 5) is 12.8. The van der Waals surface area contributed by atoms with E-state index in [4.69, 9.17) is 4.74 Å². The van der Waals surface area contributed by atoms with E-state index in [0.717, 1.165) is 39.9 Å². The first-order chi connectivity index (χ1) is 13.9. The van der Waals surface area contributed by atoms with Crippen LogP contribution in [0.2, 0.25) is 0 Å². The third-order valence-corrected chi connectivity index (χ3v) is 5.98. The summed E-state index contributed by atoms with van der Waals surface area (Å²) >= 11 is 0. The van der Waals surface area contributed by atoms with Crippen molar-refractivity contribution in [3.05, 3.63) is 59.2 Å². The summed E-state index contributed by atoms with van der Waals surface area (Å²) in [6.07, 6.45) is 1.38. The average molecular weight is 438 g/mol. The van der Waals surface area contributed by atoms with Crippen molar-refractivity contribution in [2.45, 2.75) is 38.8 Å². The standard InChI is InChI=1S/C21H24F2N2O4S/c1-13-5-7-15-18(11-21(2,3)29-19(15)9-13)24-20(26)12-25(30(4,27)28)14-6-8-16(22)17(23)10-14/h5-10,18H,11-12H2,1-4H3,(H,24,26). The molecule has 1 aliphatic rings. The Labute approximate surface area is 174 Å². The van der Waals surface area contributed by atoms with E-state index in [-0.39, 0.29) is 11.7 Å². The molecule has 1 amide bonds. The average Bonchev–Trinajstić information content (AvgIpc) is 2.60. The summed E-state index contributed by atoms with van der Waals surface area (Å²) in [5.41, 5.74) is 1.15. The van der Waals surface area contributed by atoms with Crippen molar-refractivity contribution in [3.8, 4) is 5.75 Å². The van der Waals surface area contributed by atoms with E-state index in [2.05, 4.69) is 5.32 Å². The lowest BCUT2D eigenvalue weighted by molar-refractivity contribution is -0.120. The number of ether oxygens (including phenoxy) is 1. The van der Waals surface area contributed by atoms with Gasteiger partial charge in [0.25, 0.3) is 0 Å². The van der Waals surface area contributed by atoms with E-state index < -0.39 is 39.7 Å². The van der Waals surface area contributed by atoms with Gasteiger partial charge < -0.3 is 10.1 Å². The summed E-state index contributed by atoms with van der Waals surface area (Å²) in [7, 11) is -3.91. The van der Waals surface area contributed by atoms with Crippen LogP contribution in [0.15, 0.2) is 36.4 Å². The molecule has 162 valence electrons. The van der Waals surface area contributed by atoms with E-state index in [1.807, 2.05) is 39.0 Å². The predicted molar refractivity (Wildman–Crippen MR) is 110 cm³/mol. The molecule has 3 rings (SSSR count). The zero-order valence-corrected chi connectivity index (χ0v) is 18.0. The number of hydrogen-bond donors (Lipinski definition) is 1. The first-order valence-electron chi connectivity index (χ1n) is 9.37. The van der Waals surface area contributed by atoms with Crippen LogP contribution >= 0.6 is 0 Å². The highest BCUT2D eigenvalue weighted by Gasteiger charge is 2.35. The number of amides is 1. The highest BCUT2D eigenvalue weighted by molar-refractivity contribution is 7.92. The molecule has 2 aromatic carbocycles. The number of halogens is 2. The fraction of sp³-hybridized carbons (Fsp3) is 0.381. The second-order valence-corrected chi connectivity index (χ2v) is 10.0. The Balaban J connectivity index is 1.85. The lowest BCUT2D eigenvalue weighted by Crippen LogP contribution is -2.45. The van der Waals surface area contributed by atoms with Gasteiger partial charge in [0, 0.05) is 18.1 Å². The maximum absolute atomic E-state index is 13.6. The van der Waals surface area contributed by atoms with Gasteiger partial charge in [-0.3, -0.25) is 9.10 Å². The highest BCUT2D eigenvalue weighted by Crippen LogP contribution is 2.39. The van der Waals surface area contributed by atoms with E-state index >= 15 is 0 Å². The second-order valence-electron chi connectivity index (χ2n) is 8.10. The number of benzene rings is 2.